The summed E-state index contributed by atoms with van der Waals surface area (Å²) >= 11 is 0. The van der Waals surface area contributed by atoms with Crippen molar-refractivity contribution < 1.29 is 14.7 Å². The maximum Gasteiger partial charge on any atom is 0.315 e. The summed E-state index contributed by atoms with van der Waals surface area (Å²) in [6.45, 7) is 1.93. The molecule has 1 aliphatic heterocycles. The van der Waals surface area contributed by atoms with Gasteiger partial charge in [-0.05, 0) is 39.3 Å². The number of carbonyl (C=O) groups excluding carboxylic acids is 1. The number of likely N-dealkylation sites (N-methyl/N-ethyl adjacent to an activating group) is 1. The van der Waals surface area contributed by atoms with E-state index in [2.05, 4.69) is 22.6 Å². The molecule has 3 N–H and O–H groups in total. The number of hydrogen-bond acceptors (Lipinski definition) is 3. The second-order valence-electron chi connectivity index (χ2n) is 6.26. The number of likely N-dealkylation sites (tertiary alicyclic amines) is 1. The van der Waals surface area contributed by atoms with Crippen LogP contribution in [0.15, 0.2) is 0 Å². The van der Waals surface area contributed by atoms with Gasteiger partial charge in [-0.25, -0.2) is 4.79 Å². The van der Waals surface area contributed by atoms with Crippen molar-refractivity contribution in [3.8, 4) is 0 Å². The van der Waals surface area contributed by atoms with Crippen molar-refractivity contribution in [2.24, 2.45) is 0 Å². The highest BCUT2D eigenvalue weighted by Gasteiger charge is 2.37. The highest BCUT2D eigenvalue weighted by molar-refractivity contribution is 5.77. The van der Waals surface area contributed by atoms with Crippen molar-refractivity contribution in [3.63, 3.8) is 0 Å². The predicted octanol–water partition coefficient (Wildman–Crippen LogP) is 1.17. The highest BCUT2D eigenvalue weighted by Crippen LogP contribution is 2.32. The molecule has 1 saturated carbocycles. The Labute approximate surface area is 119 Å². The molecule has 0 bridgehead atoms. The number of hydrogen-bond donors (Lipinski definition) is 3. The van der Waals surface area contributed by atoms with E-state index in [0.717, 1.165) is 51.6 Å². The Balaban J connectivity index is 1.86. The number of carboxylic acids is 1. The van der Waals surface area contributed by atoms with Gasteiger partial charge in [0.2, 0.25) is 0 Å². The van der Waals surface area contributed by atoms with E-state index in [9.17, 15) is 9.59 Å². The van der Waals surface area contributed by atoms with Gasteiger partial charge in [0.15, 0.2) is 0 Å². The maximum absolute atomic E-state index is 12.1. The zero-order chi connectivity index (χ0) is 14.6. The molecule has 2 amide bonds. The zero-order valence-corrected chi connectivity index (χ0v) is 12.2. The van der Waals surface area contributed by atoms with Crippen LogP contribution >= 0.6 is 0 Å². The molecule has 20 heavy (non-hydrogen) atoms. The summed E-state index contributed by atoms with van der Waals surface area (Å²) in [4.78, 5) is 25.3. The van der Waals surface area contributed by atoms with Crippen LogP contribution in [0.4, 0.5) is 4.79 Å². The summed E-state index contributed by atoms with van der Waals surface area (Å²) in [5.41, 5.74) is -0.545. The van der Waals surface area contributed by atoms with Crippen LogP contribution in [0.25, 0.3) is 0 Å². The summed E-state index contributed by atoms with van der Waals surface area (Å²) < 4.78 is 0. The van der Waals surface area contributed by atoms with Crippen LogP contribution in [0.3, 0.4) is 0 Å². The molecule has 1 saturated heterocycles. The van der Waals surface area contributed by atoms with E-state index < -0.39 is 11.5 Å². The molecule has 0 aromatic heterocycles. The molecule has 2 rings (SSSR count). The molecule has 1 atom stereocenters. The first-order chi connectivity index (χ1) is 9.49. The molecular formula is C14H25N3O3. The van der Waals surface area contributed by atoms with E-state index in [4.69, 9.17) is 5.11 Å². The number of rotatable bonds is 4. The van der Waals surface area contributed by atoms with E-state index in [1.807, 2.05) is 0 Å². The highest BCUT2D eigenvalue weighted by atomic mass is 16.4. The average Bonchev–Trinajstić information content (AvgIpc) is 2.75. The molecule has 6 nitrogen and oxygen atoms in total. The lowest BCUT2D eigenvalue weighted by Crippen LogP contribution is -2.56. The molecule has 0 aromatic carbocycles. The molecule has 2 fully saturated rings. The van der Waals surface area contributed by atoms with Crippen molar-refractivity contribution in [2.75, 3.05) is 20.1 Å². The third kappa shape index (κ3) is 4.10. The van der Waals surface area contributed by atoms with Gasteiger partial charge in [-0.2, -0.15) is 0 Å². The third-order valence-electron chi connectivity index (χ3n) is 4.39. The van der Waals surface area contributed by atoms with Crippen LogP contribution in [-0.4, -0.2) is 53.7 Å². The fourth-order valence-electron chi connectivity index (χ4n) is 3.43. The van der Waals surface area contributed by atoms with E-state index >= 15 is 0 Å². The van der Waals surface area contributed by atoms with Gasteiger partial charge in [0, 0.05) is 12.6 Å². The first kappa shape index (κ1) is 15.1. The average molecular weight is 283 g/mol. The van der Waals surface area contributed by atoms with Crippen molar-refractivity contribution in [3.05, 3.63) is 0 Å². The number of carbonyl (C=O) groups is 2. The number of nitrogens with zero attached hydrogens (tertiary/aromatic N) is 1. The Morgan fingerprint density at radius 2 is 2.00 bits per heavy atom. The van der Waals surface area contributed by atoms with Crippen LogP contribution in [0.1, 0.15) is 44.9 Å². The minimum absolute atomic E-state index is 0.0188. The van der Waals surface area contributed by atoms with Gasteiger partial charge < -0.3 is 20.6 Å². The minimum atomic E-state index is -0.843. The molecule has 114 valence electrons. The van der Waals surface area contributed by atoms with Crippen LogP contribution < -0.4 is 10.6 Å². The van der Waals surface area contributed by atoms with Gasteiger partial charge >= 0.3 is 12.0 Å². The van der Waals surface area contributed by atoms with Gasteiger partial charge in [0.25, 0.3) is 0 Å². The van der Waals surface area contributed by atoms with Crippen molar-refractivity contribution in [1.29, 1.82) is 0 Å². The predicted molar refractivity (Wildman–Crippen MR) is 75.6 cm³/mol. The zero-order valence-electron chi connectivity index (χ0n) is 12.2. The fourth-order valence-corrected chi connectivity index (χ4v) is 3.43. The van der Waals surface area contributed by atoms with Crippen molar-refractivity contribution in [2.45, 2.75) is 56.5 Å². The lowest BCUT2D eigenvalue weighted by Gasteiger charge is -2.33. The SMILES string of the molecule is CN1CCCC(NC(=O)NC2(CC(=O)O)CCCC2)C1. The molecular weight excluding hydrogens is 258 g/mol. The molecule has 6 heteroatoms. The monoisotopic (exact) mass is 283 g/mol. The van der Waals surface area contributed by atoms with Crippen LogP contribution in [0, 0.1) is 0 Å². The number of urea groups is 1. The molecule has 1 aliphatic carbocycles. The second-order valence-corrected chi connectivity index (χ2v) is 6.26. The van der Waals surface area contributed by atoms with Crippen LogP contribution in [0.2, 0.25) is 0 Å². The lowest BCUT2D eigenvalue weighted by atomic mass is 9.93. The van der Waals surface area contributed by atoms with Crippen molar-refractivity contribution >= 4 is 12.0 Å². The van der Waals surface area contributed by atoms with Gasteiger partial charge in [0.05, 0.1) is 12.0 Å². The normalized spacial score (nSPS) is 26.1. The number of nitrogens with one attached hydrogen (secondary N) is 2. The van der Waals surface area contributed by atoms with E-state index in [1.54, 1.807) is 0 Å². The summed E-state index contributed by atoms with van der Waals surface area (Å²) in [5.74, 6) is -0.843. The van der Waals surface area contributed by atoms with E-state index in [-0.39, 0.29) is 18.5 Å². The number of carboxylic acid groups (broad SMARTS) is 1. The molecule has 1 heterocycles. The van der Waals surface area contributed by atoms with E-state index in [1.165, 1.54) is 0 Å². The first-order valence-corrected chi connectivity index (χ1v) is 7.48. The Kier molecular flexibility index (Phi) is 4.86. The number of amides is 2. The Bertz CT molecular complexity index is 367. The Morgan fingerprint density at radius 1 is 1.30 bits per heavy atom. The minimum Gasteiger partial charge on any atom is -0.481 e. The largest absolute Gasteiger partial charge is 0.481 e. The lowest BCUT2D eigenvalue weighted by molar-refractivity contribution is -0.138. The van der Waals surface area contributed by atoms with Crippen LogP contribution in [0.5, 0.6) is 0 Å². The van der Waals surface area contributed by atoms with E-state index in [0.29, 0.717) is 0 Å². The summed E-state index contributed by atoms with van der Waals surface area (Å²) in [6.07, 6.45) is 5.59. The molecule has 2 aliphatic rings. The quantitative estimate of drug-likeness (QED) is 0.723. The summed E-state index contributed by atoms with van der Waals surface area (Å²) in [5, 5.41) is 15.0. The standard InChI is InChI=1S/C14H25N3O3/c1-17-8-4-5-11(10-17)15-13(20)16-14(9-12(18)19)6-2-3-7-14/h11H,2-10H2,1H3,(H,18,19)(H2,15,16,20). The first-order valence-electron chi connectivity index (χ1n) is 7.48. The third-order valence-corrected chi connectivity index (χ3v) is 4.39. The number of aliphatic carboxylic acids is 1. The molecule has 0 aromatic rings. The molecule has 1 unspecified atom stereocenters. The Morgan fingerprint density at radius 3 is 2.60 bits per heavy atom. The van der Waals surface area contributed by atoms with Crippen LogP contribution in [-0.2, 0) is 4.79 Å². The number of piperidine rings is 1. The van der Waals surface area contributed by atoms with Gasteiger partial charge in [0.1, 0.15) is 0 Å². The second kappa shape index (κ2) is 6.43. The topological polar surface area (TPSA) is 81.7 Å². The maximum atomic E-state index is 12.1. The van der Waals surface area contributed by atoms with Gasteiger partial charge in [-0.3, -0.25) is 4.79 Å². The van der Waals surface area contributed by atoms with Crippen molar-refractivity contribution in [1.82, 2.24) is 15.5 Å². The molecule has 0 radical (unpaired) electrons. The smallest absolute Gasteiger partial charge is 0.315 e. The Hall–Kier alpha value is -1.30. The van der Waals surface area contributed by atoms with Gasteiger partial charge in [-0.1, -0.05) is 12.8 Å². The van der Waals surface area contributed by atoms with Gasteiger partial charge in [-0.15, -0.1) is 0 Å². The summed E-state index contributed by atoms with van der Waals surface area (Å²) in [7, 11) is 2.05. The summed E-state index contributed by atoms with van der Waals surface area (Å²) in [6, 6.07) is -0.0505. The fraction of sp³-hybridized carbons (Fsp3) is 0.857. The molecule has 0 spiro atoms.